The van der Waals surface area contributed by atoms with Gasteiger partial charge in [0.2, 0.25) is 0 Å². The van der Waals surface area contributed by atoms with E-state index in [9.17, 15) is 4.79 Å². The average Bonchev–Trinajstić information content (AvgIpc) is 3.03. The van der Waals surface area contributed by atoms with Gasteiger partial charge in [-0.1, -0.05) is 44.4 Å². The van der Waals surface area contributed by atoms with Crippen LogP contribution in [0, 0.1) is 0 Å². The maximum atomic E-state index is 12.9. The molecule has 0 spiro atoms. The molecule has 1 aliphatic rings. The number of para-hydroxylation sites is 1. The third kappa shape index (κ3) is 5.11. The second-order valence-corrected chi connectivity index (χ2v) is 7.99. The van der Waals surface area contributed by atoms with Gasteiger partial charge in [-0.05, 0) is 65.2 Å². The standard InChI is InChI=1S/C24H27BrN2O3/c1-4-5-6-10-13-30-23-21(25)15-18(16-22(23)29-3)14-20-17(2)26-27(24(20)28)19-11-8-7-9-12-19/h7-9,11-12,14-16H,4-6,10,13H2,1-3H3/b20-14-. The zero-order chi connectivity index (χ0) is 21.5. The highest BCUT2D eigenvalue weighted by molar-refractivity contribution is 9.10. The van der Waals surface area contributed by atoms with Crippen LogP contribution in [0.15, 0.2) is 57.6 Å². The van der Waals surface area contributed by atoms with E-state index in [1.54, 1.807) is 7.11 Å². The van der Waals surface area contributed by atoms with Crippen LogP contribution in [-0.4, -0.2) is 25.3 Å². The molecule has 5 nitrogen and oxygen atoms in total. The fourth-order valence-electron chi connectivity index (χ4n) is 3.26. The zero-order valence-electron chi connectivity index (χ0n) is 17.7. The number of carbonyl (C=O) groups excluding carboxylic acids is 1. The molecule has 6 heteroatoms. The van der Waals surface area contributed by atoms with Gasteiger partial charge >= 0.3 is 0 Å². The van der Waals surface area contributed by atoms with Crippen LogP contribution in [0.3, 0.4) is 0 Å². The summed E-state index contributed by atoms with van der Waals surface area (Å²) in [5.41, 5.74) is 2.82. The number of ether oxygens (including phenoxy) is 2. The minimum atomic E-state index is -0.148. The Bertz CT molecular complexity index is 954. The molecule has 30 heavy (non-hydrogen) atoms. The lowest BCUT2D eigenvalue weighted by molar-refractivity contribution is -0.114. The van der Waals surface area contributed by atoms with Gasteiger partial charge in [-0.2, -0.15) is 10.1 Å². The first-order chi connectivity index (χ1) is 14.5. The van der Waals surface area contributed by atoms with E-state index in [-0.39, 0.29) is 5.91 Å². The van der Waals surface area contributed by atoms with Crippen molar-refractivity contribution in [1.82, 2.24) is 0 Å². The monoisotopic (exact) mass is 470 g/mol. The number of hydrogen-bond acceptors (Lipinski definition) is 4. The molecule has 0 unspecified atom stereocenters. The summed E-state index contributed by atoms with van der Waals surface area (Å²) >= 11 is 3.59. The number of hydrazone groups is 1. The quantitative estimate of drug-likeness (QED) is 0.322. The number of unbranched alkanes of at least 4 members (excludes halogenated alkanes) is 3. The number of benzene rings is 2. The first-order valence-corrected chi connectivity index (χ1v) is 11.0. The second-order valence-electron chi connectivity index (χ2n) is 7.14. The summed E-state index contributed by atoms with van der Waals surface area (Å²) in [6, 6.07) is 13.2. The Labute approximate surface area is 186 Å². The molecule has 1 amide bonds. The molecule has 0 N–H and O–H groups in total. The third-order valence-electron chi connectivity index (χ3n) is 4.87. The maximum absolute atomic E-state index is 12.9. The largest absolute Gasteiger partial charge is 0.493 e. The van der Waals surface area contributed by atoms with Gasteiger partial charge in [-0.25, -0.2) is 0 Å². The first kappa shape index (κ1) is 22.1. The highest BCUT2D eigenvalue weighted by atomic mass is 79.9. The van der Waals surface area contributed by atoms with Crippen molar-refractivity contribution in [3.05, 3.63) is 58.1 Å². The van der Waals surface area contributed by atoms with E-state index < -0.39 is 0 Å². The molecule has 2 aromatic rings. The average molecular weight is 471 g/mol. The Morgan fingerprint density at radius 3 is 2.60 bits per heavy atom. The summed E-state index contributed by atoms with van der Waals surface area (Å²) in [7, 11) is 1.62. The van der Waals surface area contributed by atoms with Crippen LogP contribution in [0.25, 0.3) is 6.08 Å². The van der Waals surface area contributed by atoms with E-state index in [0.29, 0.717) is 29.4 Å². The number of nitrogens with zero attached hydrogens (tertiary/aromatic N) is 2. The van der Waals surface area contributed by atoms with Crippen molar-refractivity contribution >= 4 is 39.3 Å². The predicted octanol–water partition coefficient (Wildman–Crippen LogP) is 6.22. The van der Waals surface area contributed by atoms with Crippen molar-refractivity contribution < 1.29 is 14.3 Å². The molecule has 2 aromatic carbocycles. The van der Waals surface area contributed by atoms with Gasteiger partial charge in [0, 0.05) is 0 Å². The lowest BCUT2D eigenvalue weighted by atomic mass is 10.1. The highest BCUT2D eigenvalue weighted by Crippen LogP contribution is 2.38. The summed E-state index contributed by atoms with van der Waals surface area (Å²) in [5, 5.41) is 5.86. The van der Waals surface area contributed by atoms with E-state index in [1.165, 1.54) is 17.9 Å². The molecule has 0 aromatic heterocycles. The SMILES string of the molecule is CCCCCCOc1c(Br)cc(/C=C2\C(=O)N(c3ccccc3)N=C2C)cc1OC. The van der Waals surface area contributed by atoms with Crippen LogP contribution in [0.1, 0.15) is 45.1 Å². The van der Waals surface area contributed by atoms with Crippen LogP contribution < -0.4 is 14.5 Å². The summed E-state index contributed by atoms with van der Waals surface area (Å²) in [6.45, 7) is 4.67. The molecular weight excluding hydrogens is 444 g/mol. The van der Waals surface area contributed by atoms with E-state index in [4.69, 9.17) is 9.47 Å². The Morgan fingerprint density at radius 2 is 1.90 bits per heavy atom. The van der Waals surface area contributed by atoms with Crippen molar-refractivity contribution in [3.8, 4) is 11.5 Å². The number of carbonyl (C=O) groups is 1. The lowest BCUT2D eigenvalue weighted by Crippen LogP contribution is -2.21. The maximum Gasteiger partial charge on any atom is 0.280 e. The van der Waals surface area contributed by atoms with Crippen LogP contribution in [-0.2, 0) is 4.79 Å². The zero-order valence-corrected chi connectivity index (χ0v) is 19.2. The molecule has 0 bridgehead atoms. The summed E-state index contributed by atoms with van der Waals surface area (Å²) in [6.07, 6.45) is 6.40. The Hall–Kier alpha value is -2.60. The van der Waals surface area contributed by atoms with Crippen LogP contribution >= 0.6 is 15.9 Å². The molecule has 0 radical (unpaired) electrons. The molecule has 158 valence electrons. The van der Waals surface area contributed by atoms with Gasteiger partial charge in [-0.3, -0.25) is 4.79 Å². The Morgan fingerprint density at radius 1 is 1.13 bits per heavy atom. The number of hydrogen-bond donors (Lipinski definition) is 0. The van der Waals surface area contributed by atoms with Crippen LogP contribution in [0.2, 0.25) is 0 Å². The third-order valence-corrected chi connectivity index (χ3v) is 5.46. The van der Waals surface area contributed by atoms with Crippen molar-refractivity contribution in [2.45, 2.75) is 39.5 Å². The smallest absolute Gasteiger partial charge is 0.280 e. The van der Waals surface area contributed by atoms with E-state index in [2.05, 4.69) is 28.0 Å². The fourth-order valence-corrected chi connectivity index (χ4v) is 3.84. The number of methoxy groups -OCH3 is 1. The predicted molar refractivity (Wildman–Crippen MR) is 125 cm³/mol. The molecule has 0 fully saturated rings. The van der Waals surface area contributed by atoms with Gasteiger partial charge in [0.1, 0.15) is 0 Å². The second kappa shape index (κ2) is 10.4. The first-order valence-electron chi connectivity index (χ1n) is 10.2. The fraction of sp³-hybridized carbons (Fsp3) is 0.333. The molecule has 0 aliphatic carbocycles. The number of halogens is 1. The molecule has 3 rings (SSSR count). The molecule has 0 atom stereocenters. The molecule has 0 saturated heterocycles. The van der Waals surface area contributed by atoms with E-state index in [0.717, 1.165) is 28.6 Å². The van der Waals surface area contributed by atoms with Gasteiger partial charge in [0.25, 0.3) is 5.91 Å². The van der Waals surface area contributed by atoms with Gasteiger partial charge in [0.15, 0.2) is 11.5 Å². The molecule has 1 heterocycles. The minimum Gasteiger partial charge on any atom is -0.493 e. The molecular formula is C24H27BrN2O3. The lowest BCUT2D eigenvalue weighted by Gasteiger charge is -2.14. The van der Waals surface area contributed by atoms with Gasteiger partial charge in [0.05, 0.1) is 35.2 Å². The Kier molecular flexibility index (Phi) is 7.69. The number of anilines is 1. The Balaban J connectivity index is 1.81. The molecule has 1 aliphatic heterocycles. The van der Waals surface area contributed by atoms with Crippen LogP contribution in [0.4, 0.5) is 5.69 Å². The van der Waals surface area contributed by atoms with Crippen LogP contribution in [0.5, 0.6) is 11.5 Å². The number of amides is 1. The highest BCUT2D eigenvalue weighted by Gasteiger charge is 2.28. The van der Waals surface area contributed by atoms with Crippen molar-refractivity contribution in [1.29, 1.82) is 0 Å². The van der Waals surface area contributed by atoms with Crippen molar-refractivity contribution in [2.24, 2.45) is 5.10 Å². The van der Waals surface area contributed by atoms with Gasteiger partial charge < -0.3 is 9.47 Å². The van der Waals surface area contributed by atoms with Crippen molar-refractivity contribution in [2.75, 3.05) is 18.7 Å². The minimum absolute atomic E-state index is 0.148. The van der Waals surface area contributed by atoms with Gasteiger partial charge in [-0.15, -0.1) is 0 Å². The number of rotatable bonds is 9. The van der Waals surface area contributed by atoms with E-state index >= 15 is 0 Å². The normalized spacial score (nSPS) is 14.9. The molecule has 0 saturated carbocycles. The van der Waals surface area contributed by atoms with E-state index in [1.807, 2.05) is 55.5 Å². The van der Waals surface area contributed by atoms with Crippen molar-refractivity contribution in [3.63, 3.8) is 0 Å². The summed E-state index contributed by atoms with van der Waals surface area (Å²) < 4.78 is 12.3. The summed E-state index contributed by atoms with van der Waals surface area (Å²) in [5.74, 6) is 1.17. The topological polar surface area (TPSA) is 51.1 Å². The summed E-state index contributed by atoms with van der Waals surface area (Å²) in [4.78, 5) is 12.9.